The second-order valence-electron chi connectivity index (χ2n) is 4.67. The van der Waals surface area contributed by atoms with Crippen molar-refractivity contribution in [3.63, 3.8) is 0 Å². The SMILES string of the molecule is C=C1C=C2C=CCCC2C(CC)C1C. The van der Waals surface area contributed by atoms with Crippen LogP contribution in [0.4, 0.5) is 0 Å². The topological polar surface area (TPSA) is 0 Å². The molecule has 0 nitrogen and oxygen atoms in total. The Labute approximate surface area is 87.4 Å². The number of fused-ring (bicyclic) bond motifs is 1. The van der Waals surface area contributed by atoms with Crippen LogP contribution in [0.3, 0.4) is 0 Å². The summed E-state index contributed by atoms with van der Waals surface area (Å²) < 4.78 is 0. The molecular formula is C14H20. The first-order valence-electron chi connectivity index (χ1n) is 5.81. The summed E-state index contributed by atoms with van der Waals surface area (Å²) in [5.41, 5.74) is 2.86. The molecule has 0 aliphatic heterocycles. The first-order chi connectivity index (χ1) is 6.74. The lowest BCUT2D eigenvalue weighted by molar-refractivity contribution is 0.269. The standard InChI is InChI=1S/C14H20/c1-4-13-11(3)10(2)9-12-7-5-6-8-14(12)13/h5,7,9,11,13-14H,2,4,6,8H2,1,3H3. The summed E-state index contributed by atoms with van der Waals surface area (Å²) in [6.45, 7) is 8.82. The maximum Gasteiger partial charge on any atom is -0.0125 e. The Balaban J connectivity index is 2.34. The van der Waals surface area contributed by atoms with Crippen molar-refractivity contribution >= 4 is 0 Å². The van der Waals surface area contributed by atoms with E-state index in [1.54, 1.807) is 0 Å². The van der Waals surface area contributed by atoms with Crippen LogP contribution in [0.1, 0.15) is 33.1 Å². The van der Waals surface area contributed by atoms with Gasteiger partial charge in [-0.15, -0.1) is 0 Å². The third-order valence-electron chi connectivity index (χ3n) is 3.95. The molecule has 3 unspecified atom stereocenters. The highest BCUT2D eigenvalue weighted by Gasteiger charge is 2.32. The van der Waals surface area contributed by atoms with Gasteiger partial charge in [0.2, 0.25) is 0 Å². The van der Waals surface area contributed by atoms with Gasteiger partial charge in [0.15, 0.2) is 0 Å². The van der Waals surface area contributed by atoms with Crippen LogP contribution in [-0.4, -0.2) is 0 Å². The third kappa shape index (κ3) is 1.47. The summed E-state index contributed by atoms with van der Waals surface area (Å²) in [6, 6.07) is 0. The lowest BCUT2D eigenvalue weighted by atomic mass is 9.67. The number of allylic oxidation sites excluding steroid dienone is 5. The Morgan fingerprint density at radius 1 is 1.50 bits per heavy atom. The molecule has 2 rings (SSSR count). The van der Waals surface area contributed by atoms with E-state index in [1.165, 1.54) is 30.4 Å². The molecule has 0 aromatic heterocycles. The molecule has 0 fully saturated rings. The summed E-state index contributed by atoms with van der Waals surface area (Å²) in [7, 11) is 0. The summed E-state index contributed by atoms with van der Waals surface area (Å²) in [4.78, 5) is 0. The van der Waals surface area contributed by atoms with Gasteiger partial charge in [-0.1, -0.05) is 50.6 Å². The molecule has 2 aliphatic carbocycles. The van der Waals surface area contributed by atoms with Gasteiger partial charge in [0.1, 0.15) is 0 Å². The average Bonchev–Trinajstić information content (AvgIpc) is 2.20. The van der Waals surface area contributed by atoms with Gasteiger partial charge in [0, 0.05) is 0 Å². The molecule has 2 aliphatic rings. The fourth-order valence-electron chi connectivity index (χ4n) is 3.01. The Morgan fingerprint density at radius 3 is 3.00 bits per heavy atom. The van der Waals surface area contributed by atoms with Gasteiger partial charge in [0.25, 0.3) is 0 Å². The predicted octanol–water partition coefficient (Wildman–Crippen LogP) is 4.11. The quantitative estimate of drug-likeness (QED) is 0.581. The Hall–Kier alpha value is -0.780. The first kappa shape index (κ1) is 9.76. The zero-order valence-electron chi connectivity index (χ0n) is 9.29. The Morgan fingerprint density at radius 2 is 2.29 bits per heavy atom. The van der Waals surface area contributed by atoms with Crippen molar-refractivity contribution in [1.29, 1.82) is 0 Å². The maximum absolute atomic E-state index is 4.17. The fraction of sp³-hybridized carbons (Fsp3) is 0.571. The minimum Gasteiger partial charge on any atom is -0.0955 e. The van der Waals surface area contributed by atoms with Crippen LogP contribution < -0.4 is 0 Å². The molecule has 0 heteroatoms. The molecular weight excluding hydrogens is 168 g/mol. The normalized spacial score (nSPS) is 36.6. The van der Waals surface area contributed by atoms with Crippen molar-refractivity contribution in [2.24, 2.45) is 17.8 Å². The first-order valence-corrected chi connectivity index (χ1v) is 5.81. The van der Waals surface area contributed by atoms with Gasteiger partial charge < -0.3 is 0 Å². The molecule has 14 heavy (non-hydrogen) atoms. The molecule has 0 N–H and O–H groups in total. The van der Waals surface area contributed by atoms with Gasteiger partial charge in [-0.05, 0) is 36.2 Å². The van der Waals surface area contributed by atoms with Gasteiger partial charge in [-0.3, -0.25) is 0 Å². The molecule has 0 amide bonds. The second kappa shape index (κ2) is 3.76. The fourth-order valence-corrected chi connectivity index (χ4v) is 3.01. The van der Waals surface area contributed by atoms with E-state index in [1.807, 2.05) is 0 Å². The highest BCUT2D eigenvalue weighted by atomic mass is 14.4. The zero-order valence-corrected chi connectivity index (χ0v) is 9.29. The molecule has 0 heterocycles. The van der Waals surface area contributed by atoms with E-state index in [2.05, 4.69) is 38.7 Å². The van der Waals surface area contributed by atoms with E-state index in [4.69, 9.17) is 0 Å². The van der Waals surface area contributed by atoms with E-state index in [9.17, 15) is 0 Å². The number of hydrogen-bond donors (Lipinski definition) is 0. The van der Waals surface area contributed by atoms with Crippen molar-refractivity contribution in [3.8, 4) is 0 Å². The predicted molar refractivity (Wildman–Crippen MR) is 62.0 cm³/mol. The highest BCUT2D eigenvalue weighted by Crippen LogP contribution is 2.43. The molecule has 0 aromatic carbocycles. The molecule has 0 aromatic rings. The average molecular weight is 188 g/mol. The van der Waals surface area contributed by atoms with Crippen molar-refractivity contribution in [1.82, 2.24) is 0 Å². The van der Waals surface area contributed by atoms with Gasteiger partial charge in [-0.2, -0.15) is 0 Å². The largest absolute Gasteiger partial charge is 0.0955 e. The van der Waals surface area contributed by atoms with Crippen LogP contribution in [0.2, 0.25) is 0 Å². The van der Waals surface area contributed by atoms with Crippen LogP contribution in [0.25, 0.3) is 0 Å². The summed E-state index contributed by atoms with van der Waals surface area (Å²) in [6.07, 6.45) is 10.8. The molecule has 3 atom stereocenters. The molecule has 0 radical (unpaired) electrons. The van der Waals surface area contributed by atoms with Crippen LogP contribution in [0.5, 0.6) is 0 Å². The third-order valence-corrected chi connectivity index (χ3v) is 3.95. The molecule has 0 bridgehead atoms. The molecule has 0 saturated heterocycles. The monoisotopic (exact) mass is 188 g/mol. The van der Waals surface area contributed by atoms with Crippen molar-refractivity contribution < 1.29 is 0 Å². The Bertz CT molecular complexity index is 293. The van der Waals surface area contributed by atoms with Crippen LogP contribution >= 0.6 is 0 Å². The Kier molecular flexibility index (Phi) is 2.62. The summed E-state index contributed by atoms with van der Waals surface area (Å²) in [5, 5.41) is 0. The van der Waals surface area contributed by atoms with Gasteiger partial charge in [-0.25, -0.2) is 0 Å². The zero-order chi connectivity index (χ0) is 10.1. The lowest BCUT2D eigenvalue weighted by Crippen LogP contribution is -2.28. The second-order valence-corrected chi connectivity index (χ2v) is 4.67. The molecule has 0 spiro atoms. The maximum atomic E-state index is 4.17. The van der Waals surface area contributed by atoms with E-state index >= 15 is 0 Å². The van der Waals surface area contributed by atoms with E-state index in [0.29, 0.717) is 5.92 Å². The molecule has 76 valence electrons. The summed E-state index contributed by atoms with van der Waals surface area (Å²) >= 11 is 0. The van der Waals surface area contributed by atoms with E-state index < -0.39 is 0 Å². The number of hydrogen-bond acceptors (Lipinski definition) is 0. The highest BCUT2D eigenvalue weighted by molar-refractivity contribution is 5.37. The van der Waals surface area contributed by atoms with E-state index in [0.717, 1.165) is 11.8 Å². The van der Waals surface area contributed by atoms with Crippen LogP contribution in [-0.2, 0) is 0 Å². The van der Waals surface area contributed by atoms with Crippen LogP contribution in [0, 0.1) is 17.8 Å². The van der Waals surface area contributed by atoms with Crippen molar-refractivity contribution in [3.05, 3.63) is 36.0 Å². The van der Waals surface area contributed by atoms with Gasteiger partial charge >= 0.3 is 0 Å². The van der Waals surface area contributed by atoms with Gasteiger partial charge in [0.05, 0.1) is 0 Å². The van der Waals surface area contributed by atoms with E-state index in [-0.39, 0.29) is 0 Å². The number of rotatable bonds is 1. The minimum atomic E-state index is 0.681. The minimum absolute atomic E-state index is 0.681. The van der Waals surface area contributed by atoms with Crippen molar-refractivity contribution in [2.75, 3.05) is 0 Å². The van der Waals surface area contributed by atoms with Crippen molar-refractivity contribution in [2.45, 2.75) is 33.1 Å². The molecule has 0 saturated carbocycles. The smallest absolute Gasteiger partial charge is 0.0125 e. The summed E-state index contributed by atoms with van der Waals surface area (Å²) in [5.74, 6) is 2.32. The lowest BCUT2D eigenvalue weighted by Gasteiger charge is -2.38. The van der Waals surface area contributed by atoms with Crippen LogP contribution in [0.15, 0.2) is 36.0 Å².